The second kappa shape index (κ2) is 8.05. The van der Waals surface area contributed by atoms with Gasteiger partial charge in [-0.25, -0.2) is 5.21 Å². The molecule has 10 heteroatoms. The number of hydrogen-bond donors (Lipinski definition) is 7. The molecule has 0 spiro atoms. The van der Waals surface area contributed by atoms with Gasteiger partial charge in [-0.05, 0) is 19.1 Å². The zero-order chi connectivity index (χ0) is 17.9. The Morgan fingerprint density at radius 2 is 1.96 bits per heavy atom. The smallest absolute Gasteiger partial charge is 0.190 e. The number of aliphatic hydroxyl groups excluding tert-OH is 4. The SMILES string of the molecule is CCOc1ccc(NC2O[C@H](CO)[C@@H](O)[C@H](O)[C@@H]2O)c([NH+]([O-])O)c1. The van der Waals surface area contributed by atoms with Crippen molar-refractivity contribution in [2.24, 2.45) is 0 Å². The summed E-state index contributed by atoms with van der Waals surface area (Å²) in [6.45, 7) is 1.57. The molecule has 0 amide bonds. The van der Waals surface area contributed by atoms with Gasteiger partial charge in [0, 0.05) is 6.07 Å². The summed E-state index contributed by atoms with van der Waals surface area (Å²) >= 11 is 0. The summed E-state index contributed by atoms with van der Waals surface area (Å²) in [5, 5.41) is 60.9. The lowest BCUT2D eigenvalue weighted by molar-refractivity contribution is -0.990. The Hall–Kier alpha value is -1.50. The highest BCUT2D eigenvalue weighted by atomic mass is 16.8. The third-order valence-electron chi connectivity index (χ3n) is 3.72. The third-order valence-corrected chi connectivity index (χ3v) is 3.72. The Morgan fingerprint density at radius 1 is 1.25 bits per heavy atom. The van der Waals surface area contributed by atoms with Crippen LogP contribution in [0.4, 0.5) is 11.4 Å². The number of hydrogen-bond acceptors (Lipinski definition) is 9. The first kappa shape index (κ1) is 18.8. The van der Waals surface area contributed by atoms with Crippen LogP contribution in [0.3, 0.4) is 0 Å². The van der Waals surface area contributed by atoms with E-state index >= 15 is 0 Å². The number of benzene rings is 1. The van der Waals surface area contributed by atoms with Crippen LogP contribution in [0.25, 0.3) is 0 Å². The number of quaternary nitrogens is 1. The largest absolute Gasteiger partial charge is 0.595 e. The molecule has 10 nitrogen and oxygen atoms in total. The van der Waals surface area contributed by atoms with E-state index in [2.05, 4.69) is 5.32 Å². The number of ether oxygens (including phenoxy) is 2. The molecule has 0 aromatic heterocycles. The Labute approximate surface area is 138 Å². The Balaban J connectivity index is 2.22. The fraction of sp³-hybridized carbons (Fsp3) is 0.571. The van der Waals surface area contributed by atoms with Crippen molar-refractivity contribution in [1.29, 1.82) is 0 Å². The first-order valence-electron chi connectivity index (χ1n) is 7.46. The maximum absolute atomic E-state index is 11.4. The lowest BCUT2D eigenvalue weighted by Crippen LogP contribution is -2.99. The van der Waals surface area contributed by atoms with Crippen LogP contribution in [-0.2, 0) is 4.74 Å². The molecule has 136 valence electrons. The summed E-state index contributed by atoms with van der Waals surface area (Å²) in [6, 6.07) is 4.30. The molecule has 2 unspecified atom stereocenters. The number of anilines is 1. The van der Waals surface area contributed by atoms with Gasteiger partial charge in [-0.2, -0.15) is 5.23 Å². The van der Waals surface area contributed by atoms with Crippen LogP contribution in [0.2, 0.25) is 0 Å². The van der Waals surface area contributed by atoms with E-state index in [-0.39, 0.29) is 11.4 Å². The van der Waals surface area contributed by atoms with Crippen molar-refractivity contribution in [3.8, 4) is 5.75 Å². The number of aliphatic hydroxyl groups is 4. The van der Waals surface area contributed by atoms with Crippen LogP contribution < -0.4 is 15.3 Å². The van der Waals surface area contributed by atoms with Crippen molar-refractivity contribution in [2.75, 3.05) is 18.5 Å². The maximum Gasteiger partial charge on any atom is 0.190 e. The first-order chi connectivity index (χ1) is 11.4. The van der Waals surface area contributed by atoms with Crippen molar-refractivity contribution >= 4 is 11.4 Å². The van der Waals surface area contributed by atoms with Crippen LogP contribution in [-0.4, -0.2) is 69.5 Å². The summed E-state index contributed by atoms with van der Waals surface area (Å²) < 4.78 is 10.6. The van der Waals surface area contributed by atoms with Gasteiger partial charge in [0.05, 0.1) is 13.2 Å². The second-order valence-corrected chi connectivity index (χ2v) is 5.34. The molecule has 0 aliphatic carbocycles. The molecule has 1 aliphatic rings. The molecule has 1 fully saturated rings. The second-order valence-electron chi connectivity index (χ2n) is 5.34. The highest BCUT2D eigenvalue weighted by Gasteiger charge is 2.43. The summed E-state index contributed by atoms with van der Waals surface area (Å²) in [7, 11) is 0. The van der Waals surface area contributed by atoms with E-state index in [1.807, 2.05) is 0 Å². The van der Waals surface area contributed by atoms with E-state index in [9.17, 15) is 30.8 Å². The minimum absolute atomic E-state index is 0.113. The highest BCUT2D eigenvalue weighted by Crippen LogP contribution is 2.28. The van der Waals surface area contributed by atoms with E-state index in [0.717, 1.165) is 0 Å². The van der Waals surface area contributed by atoms with E-state index in [1.54, 1.807) is 13.0 Å². The highest BCUT2D eigenvalue weighted by molar-refractivity contribution is 5.64. The van der Waals surface area contributed by atoms with Crippen molar-refractivity contribution < 1.29 is 40.3 Å². The first-order valence-corrected chi connectivity index (χ1v) is 7.46. The molecule has 0 radical (unpaired) electrons. The van der Waals surface area contributed by atoms with Crippen molar-refractivity contribution in [2.45, 2.75) is 37.6 Å². The zero-order valence-electron chi connectivity index (χ0n) is 13.0. The van der Waals surface area contributed by atoms with E-state index in [4.69, 9.17) is 9.47 Å². The lowest BCUT2D eigenvalue weighted by Gasteiger charge is -2.40. The van der Waals surface area contributed by atoms with Gasteiger partial charge in [-0.1, -0.05) is 0 Å². The van der Waals surface area contributed by atoms with Gasteiger partial charge in [-0.15, -0.1) is 0 Å². The van der Waals surface area contributed by atoms with Crippen LogP contribution in [0.5, 0.6) is 5.75 Å². The van der Waals surface area contributed by atoms with Crippen LogP contribution in [0.1, 0.15) is 6.92 Å². The summed E-state index contributed by atoms with van der Waals surface area (Å²) in [5.41, 5.74) is 0.0215. The normalized spacial score (nSPS) is 31.5. The summed E-state index contributed by atoms with van der Waals surface area (Å²) in [6.07, 6.45) is -6.85. The lowest BCUT2D eigenvalue weighted by atomic mass is 9.98. The molecular weight excluding hydrogens is 324 g/mol. The molecule has 1 aromatic rings. The minimum Gasteiger partial charge on any atom is -0.595 e. The molecular formula is C14H22N2O8. The average Bonchev–Trinajstić information content (AvgIpc) is 2.56. The minimum atomic E-state index is -1.55. The number of nitrogens with one attached hydrogen (secondary N) is 2. The molecule has 0 saturated carbocycles. The molecule has 6 atom stereocenters. The van der Waals surface area contributed by atoms with Gasteiger partial charge in [0.1, 0.15) is 35.9 Å². The molecule has 24 heavy (non-hydrogen) atoms. The van der Waals surface area contributed by atoms with Crippen molar-refractivity contribution in [3.05, 3.63) is 23.4 Å². The average molecular weight is 346 g/mol. The van der Waals surface area contributed by atoms with Gasteiger partial charge in [0.25, 0.3) is 0 Å². The van der Waals surface area contributed by atoms with Gasteiger partial charge >= 0.3 is 0 Å². The van der Waals surface area contributed by atoms with Gasteiger partial charge in [0.15, 0.2) is 11.9 Å². The Kier molecular flexibility index (Phi) is 6.32. The van der Waals surface area contributed by atoms with Crippen molar-refractivity contribution in [3.63, 3.8) is 0 Å². The van der Waals surface area contributed by atoms with Crippen molar-refractivity contribution in [1.82, 2.24) is 0 Å². The fourth-order valence-electron chi connectivity index (χ4n) is 2.46. The molecule has 1 saturated heterocycles. The van der Waals surface area contributed by atoms with Gasteiger partial charge in [-0.3, -0.25) is 0 Å². The molecule has 1 aliphatic heterocycles. The summed E-state index contributed by atoms with van der Waals surface area (Å²) in [4.78, 5) is 0. The zero-order valence-corrected chi connectivity index (χ0v) is 13.0. The van der Waals surface area contributed by atoms with Crippen LogP contribution in [0.15, 0.2) is 18.2 Å². The Bertz CT molecular complexity index is 542. The predicted octanol–water partition coefficient (Wildman–Crippen LogP) is -2.30. The van der Waals surface area contributed by atoms with Gasteiger partial charge < -0.3 is 40.4 Å². The molecule has 1 aromatic carbocycles. The molecule has 1 heterocycles. The molecule has 2 rings (SSSR count). The van der Waals surface area contributed by atoms with E-state index < -0.39 is 42.5 Å². The van der Waals surface area contributed by atoms with Crippen LogP contribution >= 0.6 is 0 Å². The Morgan fingerprint density at radius 3 is 2.54 bits per heavy atom. The maximum atomic E-state index is 11.4. The molecule has 0 bridgehead atoms. The van der Waals surface area contributed by atoms with Gasteiger partial charge in [0.2, 0.25) is 0 Å². The molecule has 7 N–H and O–H groups in total. The monoisotopic (exact) mass is 346 g/mol. The van der Waals surface area contributed by atoms with E-state index in [0.29, 0.717) is 12.4 Å². The van der Waals surface area contributed by atoms with E-state index in [1.165, 1.54) is 12.1 Å². The standard InChI is InChI=1S/C14H22N2O8/c1-2-23-7-3-4-8(9(5-7)16(21)22)15-14-13(20)12(19)11(18)10(6-17)24-14/h3-5,10-21H,2,6H2,1H3/t10-,11-,12+,13+,14?/m1/s1. The van der Waals surface area contributed by atoms with Crippen LogP contribution in [0, 0.1) is 5.21 Å². The number of rotatable bonds is 6. The topological polar surface area (TPSA) is 159 Å². The quantitative estimate of drug-likeness (QED) is 0.281. The predicted molar refractivity (Wildman–Crippen MR) is 80.8 cm³/mol. The third kappa shape index (κ3) is 3.94. The summed E-state index contributed by atoms with van der Waals surface area (Å²) in [5.74, 6) is 0.370. The fourth-order valence-corrected chi connectivity index (χ4v) is 2.46.